The molecule has 0 saturated heterocycles. The number of rotatable bonds is 5. The molecule has 0 atom stereocenters. The van der Waals surface area contributed by atoms with Gasteiger partial charge in [0.15, 0.2) is 0 Å². The first-order chi connectivity index (χ1) is 15.3. The zero-order valence-electron chi connectivity index (χ0n) is 16.6. The smallest absolute Gasteiger partial charge is 0.277 e. The van der Waals surface area contributed by atoms with E-state index in [2.05, 4.69) is 15.8 Å². The Kier molecular flexibility index (Phi) is 5.56. The average molecular weight is 449 g/mol. The van der Waals surface area contributed by atoms with Crippen LogP contribution in [0, 0.1) is 20.2 Å². The molecule has 3 aromatic rings. The molecule has 0 radical (unpaired) electrons. The van der Waals surface area contributed by atoms with Gasteiger partial charge < -0.3 is 5.32 Å². The molecule has 160 valence electrons. The number of benzene rings is 3. The SMILES string of the molecule is C/C(=N\NC(=O)c1cc([N+](=O)[O-])cc([N+](=O)[O-])c1)c1ccc2c(c1)Nc1ccccc1S2. The van der Waals surface area contributed by atoms with Gasteiger partial charge in [0.2, 0.25) is 0 Å². The van der Waals surface area contributed by atoms with E-state index in [1.807, 2.05) is 42.5 Å². The van der Waals surface area contributed by atoms with Gasteiger partial charge in [-0.3, -0.25) is 25.0 Å². The van der Waals surface area contributed by atoms with Crippen molar-refractivity contribution in [1.29, 1.82) is 0 Å². The number of anilines is 2. The predicted octanol–water partition coefficient (Wildman–Crippen LogP) is 4.87. The van der Waals surface area contributed by atoms with Gasteiger partial charge in [-0.05, 0) is 36.8 Å². The molecule has 1 heterocycles. The molecule has 1 aliphatic rings. The van der Waals surface area contributed by atoms with Gasteiger partial charge in [-0.2, -0.15) is 5.10 Å². The Bertz CT molecular complexity index is 1280. The van der Waals surface area contributed by atoms with Crippen molar-refractivity contribution in [2.45, 2.75) is 16.7 Å². The zero-order valence-corrected chi connectivity index (χ0v) is 17.4. The lowest BCUT2D eigenvalue weighted by Gasteiger charge is -2.21. The summed E-state index contributed by atoms with van der Waals surface area (Å²) in [5, 5.41) is 29.4. The second kappa shape index (κ2) is 8.47. The number of nitro groups is 2. The Morgan fingerprint density at radius 1 is 0.906 bits per heavy atom. The van der Waals surface area contributed by atoms with Crippen molar-refractivity contribution < 1.29 is 14.6 Å². The Morgan fingerprint density at radius 3 is 2.25 bits per heavy atom. The largest absolute Gasteiger partial charge is 0.354 e. The maximum Gasteiger partial charge on any atom is 0.277 e. The summed E-state index contributed by atoms with van der Waals surface area (Å²) in [5.74, 6) is -0.795. The molecule has 0 unspecified atom stereocenters. The van der Waals surface area contributed by atoms with E-state index >= 15 is 0 Å². The Hall–Kier alpha value is -4.25. The number of hydrogen-bond donors (Lipinski definition) is 2. The number of amides is 1. The van der Waals surface area contributed by atoms with Crippen molar-refractivity contribution in [3.63, 3.8) is 0 Å². The summed E-state index contributed by atoms with van der Waals surface area (Å²) in [6.45, 7) is 1.70. The molecule has 0 aliphatic carbocycles. The third-order valence-corrected chi connectivity index (χ3v) is 5.84. The van der Waals surface area contributed by atoms with E-state index in [-0.39, 0.29) is 5.56 Å². The van der Waals surface area contributed by atoms with Crippen LogP contribution in [0.25, 0.3) is 0 Å². The fourth-order valence-electron chi connectivity index (χ4n) is 3.06. The standard InChI is InChI=1S/C21H15N5O5S/c1-12(13-6-7-20-18(10-13)22-17-4-2-3-5-19(17)32-20)23-24-21(27)14-8-15(25(28)29)11-16(9-14)26(30)31/h2-11,22H,1H3,(H,24,27)/b23-12+. The van der Waals surface area contributed by atoms with E-state index in [1.165, 1.54) is 0 Å². The Balaban J connectivity index is 1.54. The molecule has 0 aromatic heterocycles. The highest BCUT2D eigenvalue weighted by Gasteiger charge is 2.20. The third-order valence-electron chi connectivity index (χ3n) is 4.69. The number of para-hydroxylation sites is 1. The fraction of sp³-hybridized carbons (Fsp3) is 0.0476. The summed E-state index contributed by atoms with van der Waals surface area (Å²) < 4.78 is 0. The molecule has 1 amide bonds. The molecule has 0 spiro atoms. The van der Waals surface area contributed by atoms with Crippen LogP contribution in [0.5, 0.6) is 0 Å². The van der Waals surface area contributed by atoms with Crippen LogP contribution >= 0.6 is 11.8 Å². The maximum atomic E-state index is 12.4. The van der Waals surface area contributed by atoms with Crippen molar-refractivity contribution in [3.05, 3.63) is 92.0 Å². The van der Waals surface area contributed by atoms with E-state index in [4.69, 9.17) is 0 Å². The minimum absolute atomic E-state index is 0.234. The minimum atomic E-state index is -0.797. The summed E-state index contributed by atoms with van der Waals surface area (Å²) in [4.78, 5) is 35.0. The molecule has 1 aliphatic heterocycles. The molecule has 2 N–H and O–H groups in total. The maximum absolute atomic E-state index is 12.4. The monoisotopic (exact) mass is 449 g/mol. The quantitative estimate of drug-likeness (QED) is 0.252. The van der Waals surface area contributed by atoms with Crippen LogP contribution in [0.4, 0.5) is 22.7 Å². The van der Waals surface area contributed by atoms with Crippen LogP contribution < -0.4 is 10.7 Å². The lowest BCUT2D eigenvalue weighted by molar-refractivity contribution is -0.394. The minimum Gasteiger partial charge on any atom is -0.354 e. The first kappa shape index (κ1) is 21.0. The highest BCUT2D eigenvalue weighted by atomic mass is 32.2. The molecule has 32 heavy (non-hydrogen) atoms. The number of hydrogen-bond acceptors (Lipinski definition) is 8. The number of hydrazone groups is 1. The van der Waals surface area contributed by atoms with Gasteiger partial charge in [-0.15, -0.1) is 0 Å². The summed E-state index contributed by atoms with van der Waals surface area (Å²) >= 11 is 1.64. The Morgan fingerprint density at radius 2 is 1.56 bits per heavy atom. The fourth-order valence-corrected chi connectivity index (χ4v) is 4.03. The van der Waals surface area contributed by atoms with Gasteiger partial charge in [-0.1, -0.05) is 30.0 Å². The summed E-state index contributed by atoms with van der Waals surface area (Å²) in [7, 11) is 0. The first-order valence-corrected chi connectivity index (χ1v) is 10.1. The number of nitrogens with zero attached hydrogens (tertiary/aromatic N) is 3. The van der Waals surface area contributed by atoms with Crippen LogP contribution in [0.1, 0.15) is 22.8 Å². The molecule has 11 heteroatoms. The predicted molar refractivity (Wildman–Crippen MR) is 120 cm³/mol. The van der Waals surface area contributed by atoms with Crippen molar-refractivity contribution in [2.75, 3.05) is 5.32 Å². The summed E-state index contributed by atoms with van der Waals surface area (Å²) in [6.07, 6.45) is 0. The van der Waals surface area contributed by atoms with Crippen LogP contribution in [0.15, 0.2) is 75.6 Å². The number of nitrogens with one attached hydrogen (secondary N) is 2. The highest BCUT2D eigenvalue weighted by molar-refractivity contribution is 7.99. The summed E-state index contributed by atoms with van der Waals surface area (Å²) in [5.41, 5.74) is 4.11. The number of non-ortho nitro benzene ring substituents is 2. The lowest BCUT2D eigenvalue weighted by Crippen LogP contribution is -2.19. The molecule has 4 rings (SSSR count). The number of carbonyl (C=O) groups excluding carboxylic acids is 1. The van der Waals surface area contributed by atoms with Gasteiger partial charge in [0.05, 0.1) is 38.6 Å². The van der Waals surface area contributed by atoms with Crippen LogP contribution in [-0.2, 0) is 0 Å². The van der Waals surface area contributed by atoms with E-state index in [0.29, 0.717) is 5.71 Å². The number of nitro benzene ring substituents is 2. The second-order valence-corrected chi connectivity index (χ2v) is 7.91. The third kappa shape index (κ3) is 4.27. The van der Waals surface area contributed by atoms with Gasteiger partial charge in [-0.25, -0.2) is 5.43 Å². The van der Waals surface area contributed by atoms with Crippen molar-refractivity contribution >= 4 is 46.1 Å². The van der Waals surface area contributed by atoms with Gasteiger partial charge in [0, 0.05) is 21.9 Å². The van der Waals surface area contributed by atoms with Crippen LogP contribution in [-0.4, -0.2) is 21.5 Å². The van der Waals surface area contributed by atoms with Crippen LogP contribution in [0.2, 0.25) is 0 Å². The van der Waals surface area contributed by atoms with Crippen molar-refractivity contribution in [1.82, 2.24) is 5.43 Å². The average Bonchev–Trinajstić information content (AvgIpc) is 2.80. The van der Waals surface area contributed by atoms with E-state index in [1.54, 1.807) is 18.7 Å². The van der Waals surface area contributed by atoms with Crippen LogP contribution in [0.3, 0.4) is 0 Å². The molecular weight excluding hydrogens is 434 g/mol. The normalized spacial score (nSPS) is 12.2. The highest BCUT2D eigenvalue weighted by Crippen LogP contribution is 2.44. The molecule has 0 fully saturated rings. The van der Waals surface area contributed by atoms with E-state index < -0.39 is 27.1 Å². The Labute approximate surface area is 185 Å². The number of carbonyl (C=O) groups is 1. The molecule has 10 nitrogen and oxygen atoms in total. The topological polar surface area (TPSA) is 140 Å². The summed E-state index contributed by atoms with van der Waals surface area (Å²) in [6, 6.07) is 16.4. The molecule has 0 bridgehead atoms. The van der Waals surface area contributed by atoms with Gasteiger partial charge in [0.25, 0.3) is 17.3 Å². The van der Waals surface area contributed by atoms with Crippen molar-refractivity contribution in [3.8, 4) is 0 Å². The lowest BCUT2D eigenvalue weighted by atomic mass is 10.1. The van der Waals surface area contributed by atoms with Gasteiger partial charge in [0.1, 0.15) is 0 Å². The molecule has 0 saturated carbocycles. The second-order valence-electron chi connectivity index (χ2n) is 6.82. The van der Waals surface area contributed by atoms with E-state index in [0.717, 1.165) is 44.9 Å². The van der Waals surface area contributed by atoms with Gasteiger partial charge >= 0.3 is 0 Å². The number of fused-ring (bicyclic) bond motifs is 2. The molecule has 3 aromatic carbocycles. The zero-order chi connectivity index (χ0) is 22.8. The van der Waals surface area contributed by atoms with E-state index in [9.17, 15) is 25.0 Å². The first-order valence-electron chi connectivity index (χ1n) is 9.28. The van der Waals surface area contributed by atoms with Crippen molar-refractivity contribution in [2.24, 2.45) is 5.10 Å². The molecular formula is C21H15N5O5S.